The molecule has 5 heteroatoms. The maximum absolute atomic E-state index is 12.1. The minimum absolute atomic E-state index is 0.0102. The molecule has 0 aliphatic carbocycles. The van der Waals surface area contributed by atoms with Gasteiger partial charge in [0.25, 0.3) is 0 Å². The second kappa shape index (κ2) is 9.53. The molecule has 1 rings (SSSR count). The molecule has 0 aromatic carbocycles. The number of amides is 1. The molecule has 0 bridgehead atoms. The molecule has 1 atom stereocenters. The lowest BCUT2D eigenvalue weighted by Crippen LogP contribution is -2.45. The number of carbonyl (C=O) groups excluding carboxylic acids is 2. The molecule has 1 saturated heterocycles. The van der Waals surface area contributed by atoms with Gasteiger partial charge in [0.15, 0.2) is 0 Å². The average Bonchev–Trinajstić information content (AvgIpc) is 2.94. The van der Waals surface area contributed by atoms with E-state index in [-0.39, 0.29) is 17.9 Å². The van der Waals surface area contributed by atoms with E-state index in [1.807, 2.05) is 6.08 Å². The Kier molecular flexibility index (Phi) is 7.95. The number of hydrogen-bond donors (Lipinski definition) is 1. The first-order valence-corrected chi connectivity index (χ1v) is 7.39. The molecule has 1 fully saturated rings. The molecule has 1 N–H and O–H groups in total. The van der Waals surface area contributed by atoms with Crippen LogP contribution in [-0.4, -0.2) is 49.6 Å². The maximum Gasteiger partial charge on any atom is 0.328 e. The normalized spacial score (nSPS) is 18.1. The summed E-state index contributed by atoms with van der Waals surface area (Å²) in [6, 6.07) is -0.387. The van der Waals surface area contributed by atoms with Gasteiger partial charge in [-0.05, 0) is 38.6 Å². The molecule has 0 radical (unpaired) electrons. The minimum atomic E-state index is -0.387. The number of methoxy groups -OCH3 is 1. The number of carbonyl (C=O) groups is 2. The lowest BCUT2D eigenvalue weighted by atomic mass is 10.2. The van der Waals surface area contributed by atoms with Crippen molar-refractivity contribution in [2.75, 3.05) is 26.7 Å². The molecule has 0 aromatic rings. The van der Waals surface area contributed by atoms with Crippen LogP contribution in [0.5, 0.6) is 0 Å². The molecule has 1 aliphatic rings. The molecule has 0 saturated carbocycles. The summed E-state index contributed by atoms with van der Waals surface area (Å²) in [6.45, 7) is 5.47. The average molecular weight is 282 g/mol. The van der Waals surface area contributed by atoms with Crippen LogP contribution in [0.3, 0.4) is 0 Å². The fourth-order valence-corrected chi connectivity index (χ4v) is 2.46. The summed E-state index contributed by atoms with van der Waals surface area (Å²) in [4.78, 5) is 25.3. The Morgan fingerprint density at radius 1 is 1.40 bits per heavy atom. The van der Waals surface area contributed by atoms with Crippen molar-refractivity contribution in [1.29, 1.82) is 0 Å². The lowest BCUT2D eigenvalue weighted by Gasteiger charge is -2.22. The second-order valence-corrected chi connectivity index (χ2v) is 5.08. The van der Waals surface area contributed by atoms with E-state index in [0.717, 1.165) is 38.6 Å². The number of esters is 1. The number of ether oxygens (including phenoxy) is 1. The molecule has 114 valence electrons. The molecule has 1 aliphatic heterocycles. The van der Waals surface area contributed by atoms with Gasteiger partial charge < -0.3 is 15.0 Å². The van der Waals surface area contributed by atoms with Gasteiger partial charge in [-0.3, -0.25) is 4.79 Å². The summed E-state index contributed by atoms with van der Waals surface area (Å²) < 4.78 is 4.73. The van der Waals surface area contributed by atoms with Gasteiger partial charge in [-0.2, -0.15) is 0 Å². The van der Waals surface area contributed by atoms with Crippen LogP contribution < -0.4 is 5.32 Å². The van der Waals surface area contributed by atoms with Crippen LogP contribution in [-0.2, 0) is 14.3 Å². The molecule has 1 amide bonds. The highest BCUT2D eigenvalue weighted by Gasteiger charge is 2.34. The summed E-state index contributed by atoms with van der Waals surface area (Å²) in [6.07, 6.45) is 7.90. The predicted octanol–water partition coefficient (Wildman–Crippen LogP) is 1.49. The Bertz CT molecular complexity index is 331. The van der Waals surface area contributed by atoms with Crippen molar-refractivity contribution in [3.05, 3.63) is 12.7 Å². The Hall–Kier alpha value is -1.36. The van der Waals surface area contributed by atoms with Crippen LogP contribution >= 0.6 is 0 Å². The molecular weight excluding hydrogens is 256 g/mol. The van der Waals surface area contributed by atoms with Gasteiger partial charge in [0, 0.05) is 6.54 Å². The van der Waals surface area contributed by atoms with E-state index in [1.54, 1.807) is 4.90 Å². The van der Waals surface area contributed by atoms with Gasteiger partial charge in [-0.25, -0.2) is 4.79 Å². The summed E-state index contributed by atoms with van der Waals surface area (Å²) in [5, 5.41) is 3.15. The van der Waals surface area contributed by atoms with Crippen LogP contribution in [0.4, 0.5) is 0 Å². The van der Waals surface area contributed by atoms with Crippen LogP contribution in [0.15, 0.2) is 12.7 Å². The zero-order chi connectivity index (χ0) is 14.8. The minimum Gasteiger partial charge on any atom is -0.467 e. The quantitative estimate of drug-likeness (QED) is 0.395. The highest BCUT2D eigenvalue weighted by molar-refractivity contribution is 5.86. The van der Waals surface area contributed by atoms with Gasteiger partial charge in [0.05, 0.1) is 13.7 Å². The van der Waals surface area contributed by atoms with Gasteiger partial charge >= 0.3 is 5.97 Å². The van der Waals surface area contributed by atoms with Crippen molar-refractivity contribution < 1.29 is 14.3 Å². The molecule has 5 nitrogen and oxygen atoms in total. The Morgan fingerprint density at radius 3 is 2.90 bits per heavy atom. The standard InChI is InChI=1S/C15H26N2O3/c1-3-4-5-6-7-10-16-12-14(18)17-11-8-9-13(17)15(19)20-2/h3,13,16H,1,4-12H2,2H3. The third kappa shape index (κ3) is 5.33. The Morgan fingerprint density at radius 2 is 2.20 bits per heavy atom. The summed E-state index contributed by atoms with van der Waals surface area (Å²) in [5.74, 6) is -0.315. The van der Waals surface area contributed by atoms with Crippen molar-refractivity contribution in [3.8, 4) is 0 Å². The third-order valence-corrected chi connectivity index (χ3v) is 3.58. The smallest absolute Gasteiger partial charge is 0.328 e. The van der Waals surface area contributed by atoms with Gasteiger partial charge in [-0.1, -0.05) is 12.5 Å². The first-order chi connectivity index (χ1) is 9.70. The van der Waals surface area contributed by atoms with Crippen LogP contribution in [0.25, 0.3) is 0 Å². The molecule has 1 unspecified atom stereocenters. The van der Waals surface area contributed by atoms with Crippen molar-refractivity contribution in [2.24, 2.45) is 0 Å². The van der Waals surface area contributed by atoms with Gasteiger partial charge in [-0.15, -0.1) is 6.58 Å². The Balaban J connectivity index is 2.18. The van der Waals surface area contributed by atoms with Gasteiger partial charge in [0.2, 0.25) is 5.91 Å². The SMILES string of the molecule is C=CCCCCCNCC(=O)N1CCCC1C(=O)OC. The zero-order valence-electron chi connectivity index (χ0n) is 12.4. The highest BCUT2D eigenvalue weighted by Crippen LogP contribution is 2.18. The molecule has 0 aromatic heterocycles. The maximum atomic E-state index is 12.1. The Labute approximate surface area is 121 Å². The summed E-state index contributed by atoms with van der Waals surface area (Å²) >= 11 is 0. The number of allylic oxidation sites excluding steroid dienone is 1. The second-order valence-electron chi connectivity index (χ2n) is 5.08. The molecule has 1 heterocycles. The van der Waals surface area contributed by atoms with E-state index in [4.69, 9.17) is 4.74 Å². The van der Waals surface area contributed by atoms with Crippen LogP contribution in [0, 0.1) is 0 Å². The molecule has 20 heavy (non-hydrogen) atoms. The zero-order valence-corrected chi connectivity index (χ0v) is 12.4. The van der Waals surface area contributed by atoms with E-state index >= 15 is 0 Å². The highest BCUT2D eigenvalue weighted by atomic mass is 16.5. The fraction of sp³-hybridized carbons (Fsp3) is 0.733. The van der Waals surface area contributed by atoms with E-state index in [2.05, 4.69) is 11.9 Å². The summed E-state index contributed by atoms with van der Waals surface area (Å²) in [7, 11) is 1.37. The van der Waals surface area contributed by atoms with Crippen molar-refractivity contribution in [2.45, 2.75) is 44.6 Å². The first-order valence-electron chi connectivity index (χ1n) is 7.39. The number of hydrogen-bond acceptors (Lipinski definition) is 4. The third-order valence-electron chi connectivity index (χ3n) is 3.58. The number of nitrogens with one attached hydrogen (secondary N) is 1. The number of likely N-dealkylation sites (tertiary alicyclic amines) is 1. The number of rotatable bonds is 9. The van der Waals surface area contributed by atoms with Gasteiger partial charge in [0.1, 0.15) is 6.04 Å². The lowest BCUT2D eigenvalue weighted by molar-refractivity contribution is -0.150. The van der Waals surface area contributed by atoms with E-state index in [9.17, 15) is 9.59 Å². The topological polar surface area (TPSA) is 58.6 Å². The van der Waals surface area contributed by atoms with Crippen molar-refractivity contribution >= 4 is 11.9 Å². The monoisotopic (exact) mass is 282 g/mol. The van der Waals surface area contributed by atoms with E-state index in [0.29, 0.717) is 19.5 Å². The van der Waals surface area contributed by atoms with Crippen LogP contribution in [0.1, 0.15) is 38.5 Å². The molecular formula is C15H26N2O3. The fourth-order valence-electron chi connectivity index (χ4n) is 2.46. The molecule has 0 spiro atoms. The van der Waals surface area contributed by atoms with E-state index in [1.165, 1.54) is 7.11 Å². The van der Waals surface area contributed by atoms with Crippen LogP contribution in [0.2, 0.25) is 0 Å². The first kappa shape index (κ1) is 16.7. The van der Waals surface area contributed by atoms with E-state index < -0.39 is 0 Å². The number of unbranched alkanes of at least 4 members (excludes halogenated alkanes) is 3. The van der Waals surface area contributed by atoms with Crippen molar-refractivity contribution in [1.82, 2.24) is 10.2 Å². The number of nitrogens with zero attached hydrogens (tertiary/aromatic N) is 1. The predicted molar refractivity (Wildman–Crippen MR) is 78.3 cm³/mol. The summed E-state index contributed by atoms with van der Waals surface area (Å²) in [5.41, 5.74) is 0. The largest absolute Gasteiger partial charge is 0.467 e. The van der Waals surface area contributed by atoms with Crippen molar-refractivity contribution in [3.63, 3.8) is 0 Å².